The van der Waals surface area contributed by atoms with Crippen molar-refractivity contribution < 1.29 is 23.2 Å². The van der Waals surface area contributed by atoms with Crippen LogP contribution in [0.25, 0.3) is 0 Å². The van der Waals surface area contributed by atoms with Gasteiger partial charge in [-0.2, -0.15) is 4.72 Å². The summed E-state index contributed by atoms with van der Waals surface area (Å²) in [5.74, 6) is -1.37. The summed E-state index contributed by atoms with van der Waals surface area (Å²) in [4.78, 5) is 20.0. The van der Waals surface area contributed by atoms with Crippen LogP contribution >= 0.6 is 11.6 Å². The van der Waals surface area contributed by atoms with Crippen LogP contribution in [-0.2, 0) is 14.8 Å². The first-order valence-corrected chi connectivity index (χ1v) is 6.70. The molecule has 10 heteroatoms. The van der Waals surface area contributed by atoms with E-state index in [0.717, 1.165) is 25.1 Å². The standard InChI is InChI=1S/C9H9ClN2O6S/c1-5(9(13)14)11-19(17,18)6-2-3-7(10)8(4-6)12(15)16/h2-5,11H,1H3,(H,13,14)/t5-/m0/s1. The Morgan fingerprint density at radius 3 is 2.58 bits per heavy atom. The van der Waals surface area contributed by atoms with Crippen LogP contribution < -0.4 is 4.72 Å². The van der Waals surface area contributed by atoms with Gasteiger partial charge in [0.05, 0.1) is 9.82 Å². The van der Waals surface area contributed by atoms with Crippen molar-refractivity contribution in [3.63, 3.8) is 0 Å². The Morgan fingerprint density at radius 1 is 1.53 bits per heavy atom. The van der Waals surface area contributed by atoms with Crippen molar-refractivity contribution in [2.75, 3.05) is 0 Å². The molecule has 1 aromatic rings. The molecule has 0 fully saturated rings. The van der Waals surface area contributed by atoms with Gasteiger partial charge >= 0.3 is 5.97 Å². The second kappa shape index (κ2) is 5.51. The molecular formula is C9H9ClN2O6S. The summed E-state index contributed by atoms with van der Waals surface area (Å²) in [5.41, 5.74) is -0.576. The zero-order chi connectivity index (χ0) is 14.8. The van der Waals surface area contributed by atoms with Crippen molar-refractivity contribution >= 4 is 33.3 Å². The van der Waals surface area contributed by atoms with Crippen molar-refractivity contribution in [1.82, 2.24) is 4.72 Å². The number of nitrogens with zero attached hydrogens (tertiary/aromatic N) is 1. The Labute approximate surface area is 113 Å². The number of rotatable bonds is 5. The summed E-state index contributed by atoms with van der Waals surface area (Å²) in [5, 5.41) is 19.1. The maximum Gasteiger partial charge on any atom is 0.321 e. The molecule has 0 saturated heterocycles. The third kappa shape index (κ3) is 3.63. The normalized spacial score (nSPS) is 12.9. The third-order valence-electron chi connectivity index (χ3n) is 2.13. The Morgan fingerprint density at radius 2 is 2.11 bits per heavy atom. The number of halogens is 1. The lowest BCUT2D eigenvalue weighted by molar-refractivity contribution is -0.384. The highest BCUT2D eigenvalue weighted by Gasteiger charge is 2.24. The largest absolute Gasteiger partial charge is 0.480 e. The fourth-order valence-electron chi connectivity index (χ4n) is 1.15. The number of nitrogens with one attached hydrogen (secondary N) is 1. The molecule has 0 aliphatic rings. The van der Waals surface area contributed by atoms with Crippen molar-refractivity contribution in [3.8, 4) is 0 Å². The molecule has 0 aromatic heterocycles. The van der Waals surface area contributed by atoms with Gasteiger partial charge in [-0.05, 0) is 19.1 Å². The number of nitro groups is 1. The molecule has 0 amide bonds. The van der Waals surface area contributed by atoms with Crippen LogP contribution in [-0.4, -0.2) is 30.5 Å². The van der Waals surface area contributed by atoms with E-state index < -0.39 is 37.5 Å². The molecular weight excluding hydrogens is 300 g/mol. The molecule has 1 aromatic carbocycles. The summed E-state index contributed by atoms with van der Waals surface area (Å²) < 4.78 is 25.5. The number of carboxylic acids is 1. The molecule has 1 atom stereocenters. The molecule has 2 N–H and O–H groups in total. The quantitative estimate of drug-likeness (QED) is 0.617. The number of sulfonamides is 1. The van der Waals surface area contributed by atoms with Crippen molar-refractivity contribution in [3.05, 3.63) is 33.3 Å². The lowest BCUT2D eigenvalue weighted by Crippen LogP contribution is -2.38. The zero-order valence-corrected chi connectivity index (χ0v) is 11.1. The SMILES string of the molecule is C[C@H](NS(=O)(=O)c1ccc(Cl)c([N+](=O)[O-])c1)C(=O)O. The van der Waals surface area contributed by atoms with Gasteiger partial charge in [0.1, 0.15) is 11.1 Å². The summed E-state index contributed by atoms with van der Waals surface area (Å²) >= 11 is 5.55. The smallest absolute Gasteiger partial charge is 0.321 e. The minimum absolute atomic E-state index is 0.213. The minimum atomic E-state index is -4.17. The predicted molar refractivity (Wildman–Crippen MR) is 65.5 cm³/mol. The predicted octanol–water partition coefficient (Wildman–Crippen LogP) is 1.000. The number of nitro benzene ring substituents is 1. The number of carbonyl (C=O) groups is 1. The van der Waals surface area contributed by atoms with Crippen molar-refractivity contribution in [2.45, 2.75) is 17.9 Å². The molecule has 0 heterocycles. The lowest BCUT2D eigenvalue weighted by atomic mass is 10.3. The highest BCUT2D eigenvalue weighted by Crippen LogP contribution is 2.27. The molecule has 0 aliphatic carbocycles. The molecule has 0 bridgehead atoms. The van der Waals surface area contributed by atoms with E-state index in [1.54, 1.807) is 0 Å². The number of hydrogen-bond acceptors (Lipinski definition) is 5. The first kappa shape index (κ1) is 15.3. The molecule has 1 rings (SSSR count). The number of carboxylic acid groups (broad SMARTS) is 1. The summed E-state index contributed by atoms with van der Waals surface area (Å²) in [6, 6.07) is 1.50. The van der Waals surface area contributed by atoms with E-state index in [4.69, 9.17) is 16.7 Å². The van der Waals surface area contributed by atoms with Crippen LogP contribution in [0.1, 0.15) is 6.92 Å². The van der Waals surface area contributed by atoms with Gasteiger partial charge in [0.2, 0.25) is 10.0 Å². The van der Waals surface area contributed by atoms with Crippen LogP contribution in [0.5, 0.6) is 0 Å². The molecule has 0 spiro atoms. The van der Waals surface area contributed by atoms with E-state index in [1.807, 2.05) is 4.72 Å². The van der Waals surface area contributed by atoms with Crippen LogP contribution in [0.15, 0.2) is 23.1 Å². The molecule has 19 heavy (non-hydrogen) atoms. The summed E-state index contributed by atoms with van der Waals surface area (Å²) in [6.45, 7) is 1.13. The fraction of sp³-hybridized carbons (Fsp3) is 0.222. The van der Waals surface area contributed by atoms with E-state index in [-0.39, 0.29) is 5.02 Å². The van der Waals surface area contributed by atoms with Crippen LogP contribution in [0.4, 0.5) is 5.69 Å². The summed E-state index contributed by atoms with van der Waals surface area (Å²) in [7, 11) is -4.17. The Kier molecular flexibility index (Phi) is 4.45. The lowest BCUT2D eigenvalue weighted by Gasteiger charge is -2.10. The number of benzene rings is 1. The van der Waals surface area contributed by atoms with Crippen molar-refractivity contribution in [2.24, 2.45) is 0 Å². The second-order valence-electron chi connectivity index (χ2n) is 3.55. The highest BCUT2D eigenvalue weighted by atomic mass is 35.5. The summed E-state index contributed by atoms with van der Waals surface area (Å²) in [6.07, 6.45) is 0. The van der Waals surface area contributed by atoms with Crippen molar-refractivity contribution in [1.29, 1.82) is 0 Å². The molecule has 8 nitrogen and oxygen atoms in total. The van der Waals surface area contributed by atoms with Gasteiger partial charge in [-0.15, -0.1) is 0 Å². The third-order valence-corrected chi connectivity index (χ3v) is 3.98. The van der Waals surface area contributed by atoms with Crippen LogP contribution in [0, 0.1) is 10.1 Å². The van der Waals surface area contributed by atoms with E-state index in [0.29, 0.717) is 0 Å². The first-order valence-electron chi connectivity index (χ1n) is 4.84. The Hall–Kier alpha value is -1.71. The Bertz CT molecular complexity index is 630. The first-order chi connectivity index (χ1) is 8.65. The maximum atomic E-state index is 11.8. The molecule has 0 radical (unpaired) electrons. The van der Waals surface area contributed by atoms with Gasteiger partial charge in [0.15, 0.2) is 0 Å². The van der Waals surface area contributed by atoms with Gasteiger partial charge in [0, 0.05) is 6.07 Å². The van der Waals surface area contributed by atoms with Gasteiger partial charge in [-0.3, -0.25) is 14.9 Å². The van der Waals surface area contributed by atoms with Gasteiger partial charge in [-0.1, -0.05) is 11.6 Å². The topological polar surface area (TPSA) is 127 Å². The molecule has 0 aliphatic heterocycles. The van der Waals surface area contributed by atoms with E-state index in [2.05, 4.69) is 0 Å². The monoisotopic (exact) mass is 308 g/mol. The average molecular weight is 309 g/mol. The number of hydrogen-bond donors (Lipinski definition) is 2. The molecule has 104 valence electrons. The second-order valence-corrected chi connectivity index (χ2v) is 5.67. The minimum Gasteiger partial charge on any atom is -0.480 e. The fourth-order valence-corrected chi connectivity index (χ4v) is 2.55. The van der Waals surface area contributed by atoms with Gasteiger partial charge in [0.25, 0.3) is 5.69 Å². The highest BCUT2D eigenvalue weighted by molar-refractivity contribution is 7.89. The molecule has 0 saturated carbocycles. The Balaban J connectivity index is 3.19. The average Bonchev–Trinajstić information content (AvgIpc) is 2.27. The molecule has 0 unspecified atom stereocenters. The number of aliphatic carboxylic acids is 1. The zero-order valence-electron chi connectivity index (χ0n) is 9.53. The van der Waals surface area contributed by atoms with Gasteiger partial charge < -0.3 is 5.11 Å². The van der Waals surface area contributed by atoms with Crippen LogP contribution in [0.3, 0.4) is 0 Å². The van der Waals surface area contributed by atoms with E-state index >= 15 is 0 Å². The maximum absolute atomic E-state index is 11.8. The van der Waals surface area contributed by atoms with Gasteiger partial charge in [-0.25, -0.2) is 8.42 Å². The van der Waals surface area contributed by atoms with E-state index in [1.165, 1.54) is 0 Å². The van der Waals surface area contributed by atoms with Crippen LogP contribution in [0.2, 0.25) is 5.02 Å². The van der Waals surface area contributed by atoms with E-state index in [9.17, 15) is 23.3 Å².